The van der Waals surface area contributed by atoms with Crippen LogP contribution in [0.25, 0.3) is 23.0 Å². The van der Waals surface area contributed by atoms with E-state index in [9.17, 15) is 0 Å². The second kappa shape index (κ2) is 14.7. The molecule has 5 aromatic rings. The molecule has 13 heteroatoms. The molecule has 2 aliphatic carbocycles. The van der Waals surface area contributed by atoms with E-state index in [0.29, 0.717) is 41.7 Å². The Morgan fingerprint density at radius 1 is 0.854 bits per heavy atom. The van der Waals surface area contributed by atoms with Crippen LogP contribution in [0.15, 0.2) is 53.3 Å². The van der Waals surface area contributed by atoms with Crippen molar-refractivity contribution in [3.63, 3.8) is 0 Å². The van der Waals surface area contributed by atoms with Crippen LogP contribution in [0.5, 0.6) is 0 Å². The second-order valence-electron chi connectivity index (χ2n) is 12.3. The lowest BCUT2D eigenvalue weighted by molar-refractivity contribution is 0.296. The Morgan fingerprint density at radius 3 is 2.19 bits per heavy atom. The largest absolute Gasteiger partial charge is 0.396 e. The number of nitrogens with one attached hydrogen (secondary N) is 1. The first-order valence-corrected chi connectivity index (χ1v) is 17.8. The molecule has 0 saturated carbocycles. The predicted molar refractivity (Wildman–Crippen MR) is 186 cm³/mol. The second-order valence-corrected chi connectivity index (χ2v) is 13.5. The molecule has 0 saturated heterocycles. The Balaban J connectivity index is 1.15. The fraction of sp³-hybridized carbons (Fsp3) is 0.429. The summed E-state index contributed by atoms with van der Waals surface area (Å²) in [6.07, 6.45) is 8.62. The van der Waals surface area contributed by atoms with Gasteiger partial charge in [0.15, 0.2) is 17.5 Å². The van der Waals surface area contributed by atoms with E-state index in [4.69, 9.17) is 29.6 Å². The number of hydrogen-bond donors (Lipinski definition) is 2. The lowest BCUT2D eigenvalue weighted by Crippen LogP contribution is -2.21. The third-order valence-electron chi connectivity index (χ3n) is 9.01. The minimum absolute atomic E-state index is 0.228. The molecule has 2 aliphatic rings. The molecule has 2 N–H and O–H groups in total. The topological polar surface area (TPSA) is 152 Å². The first-order valence-electron chi connectivity index (χ1n) is 16.7. The van der Waals surface area contributed by atoms with E-state index < -0.39 is 0 Å². The van der Waals surface area contributed by atoms with Crippen LogP contribution in [-0.4, -0.2) is 76.9 Å². The van der Waals surface area contributed by atoms with Gasteiger partial charge in [0.05, 0.1) is 17.9 Å². The molecule has 0 spiro atoms. The number of hydrogen-bond acceptors (Lipinski definition) is 13. The van der Waals surface area contributed by atoms with Gasteiger partial charge in [-0.25, -0.2) is 19.9 Å². The van der Waals surface area contributed by atoms with E-state index in [1.165, 1.54) is 11.1 Å². The average Bonchev–Trinajstić information content (AvgIpc) is 3.88. The van der Waals surface area contributed by atoms with Crippen molar-refractivity contribution < 1.29 is 9.63 Å². The summed E-state index contributed by atoms with van der Waals surface area (Å²) in [6.45, 7) is 3.49. The third-order valence-corrected chi connectivity index (χ3v) is 10.1. The van der Waals surface area contributed by atoms with Crippen LogP contribution in [0.2, 0.25) is 0 Å². The van der Waals surface area contributed by atoms with Gasteiger partial charge >= 0.3 is 0 Å². The molecular formula is C35H40N10O2S. The number of anilines is 2. The van der Waals surface area contributed by atoms with Crippen molar-refractivity contribution in [2.45, 2.75) is 52.0 Å². The number of aliphatic hydroxyl groups excluding tert-OH is 1. The molecule has 5 heterocycles. The molecular weight excluding hydrogens is 625 g/mol. The minimum atomic E-state index is 0.228. The lowest BCUT2D eigenvalue weighted by atomic mass is 9.88. The van der Waals surface area contributed by atoms with Crippen molar-refractivity contribution in [1.82, 2.24) is 40.0 Å². The summed E-state index contributed by atoms with van der Waals surface area (Å²) in [7, 11) is 2.02. The summed E-state index contributed by atoms with van der Waals surface area (Å²) in [5.74, 6) is 6.99. The van der Waals surface area contributed by atoms with Crippen LogP contribution in [0.4, 0.5) is 11.6 Å². The zero-order valence-electron chi connectivity index (χ0n) is 27.3. The van der Waals surface area contributed by atoms with Crippen molar-refractivity contribution >= 4 is 23.4 Å². The molecule has 0 amide bonds. The highest BCUT2D eigenvalue weighted by Crippen LogP contribution is 2.43. The summed E-state index contributed by atoms with van der Waals surface area (Å²) >= 11 is 1.84. The Morgan fingerprint density at radius 2 is 1.54 bits per heavy atom. The maximum Gasteiger partial charge on any atom is 0.246 e. The van der Waals surface area contributed by atoms with Gasteiger partial charge in [0.25, 0.3) is 0 Å². The summed E-state index contributed by atoms with van der Waals surface area (Å²) in [5.41, 5.74) is 6.08. The zero-order chi connectivity index (χ0) is 32.9. The summed E-state index contributed by atoms with van der Waals surface area (Å²) in [4.78, 5) is 35.9. The predicted octanol–water partition coefficient (Wildman–Crippen LogP) is 4.63. The number of aromatic nitrogens is 8. The van der Waals surface area contributed by atoms with Gasteiger partial charge in [0.2, 0.25) is 5.89 Å². The maximum atomic E-state index is 9.12. The quantitative estimate of drug-likeness (QED) is 0.159. The van der Waals surface area contributed by atoms with Crippen molar-refractivity contribution in [2.24, 2.45) is 11.8 Å². The Labute approximate surface area is 284 Å². The molecule has 0 radical (unpaired) electrons. The highest BCUT2D eigenvalue weighted by molar-refractivity contribution is 7.99. The highest BCUT2D eigenvalue weighted by atomic mass is 32.2. The molecule has 2 unspecified atom stereocenters. The number of pyridine rings is 2. The monoisotopic (exact) mass is 664 g/mol. The molecule has 0 aromatic carbocycles. The normalized spacial score (nSPS) is 16.6. The van der Waals surface area contributed by atoms with Crippen LogP contribution >= 0.6 is 11.8 Å². The van der Waals surface area contributed by atoms with Crippen molar-refractivity contribution in [3.8, 4) is 23.0 Å². The van der Waals surface area contributed by atoms with E-state index in [-0.39, 0.29) is 6.61 Å². The number of rotatable bonds is 14. The van der Waals surface area contributed by atoms with Gasteiger partial charge in [-0.3, -0.25) is 9.97 Å². The fourth-order valence-corrected chi connectivity index (χ4v) is 7.39. The highest BCUT2D eigenvalue weighted by Gasteiger charge is 2.38. The Kier molecular flexibility index (Phi) is 9.85. The first-order chi connectivity index (χ1) is 23.6. The third kappa shape index (κ3) is 7.02. The summed E-state index contributed by atoms with van der Waals surface area (Å²) < 4.78 is 5.53. The van der Waals surface area contributed by atoms with E-state index in [0.717, 1.165) is 91.0 Å². The molecule has 12 nitrogen and oxygen atoms in total. The van der Waals surface area contributed by atoms with Gasteiger partial charge in [-0.2, -0.15) is 16.7 Å². The van der Waals surface area contributed by atoms with Crippen molar-refractivity contribution in [2.75, 3.05) is 41.9 Å². The smallest absolute Gasteiger partial charge is 0.246 e. The van der Waals surface area contributed by atoms with E-state index in [1.54, 1.807) is 12.4 Å². The molecule has 48 heavy (non-hydrogen) atoms. The van der Waals surface area contributed by atoms with Crippen LogP contribution < -0.4 is 10.2 Å². The molecule has 5 aromatic heterocycles. The summed E-state index contributed by atoms with van der Waals surface area (Å²) in [6, 6.07) is 11.7. The number of aliphatic hydroxyl groups is 1. The van der Waals surface area contributed by atoms with E-state index in [2.05, 4.69) is 30.3 Å². The van der Waals surface area contributed by atoms with Crippen LogP contribution in [0, 0.1) is 11.8 Å². The zero-order valence-corrected chi connectivity index (χ0v) is 28.2. The van der Waals surface area contributed by atoms with Crippen molar-refractivity contribution in [3.05, 3.63) is 83.0 Å². The lowest BCUT2D eigenvalue weighted by Gasteiger charge is -2.20. The van der Waals surface area contributed by atoms with Crippen LogP contribution in [0.1, 0.15) is 47.6 Å². The minimum Gasteiger partial charge on any atom is -0.396 e. The van der Waals surface area contributed by atoms with Gasteiger partial charge in [-0.1, -0.05) is 24.2 Å². The van der Waals surface area contributed by atoms with E-state index >= 15 is 0 Å². The van der Waals surface area contributed by atoms with E-state index in [1.807, 2.05) is 62.1 Å². The standard InChI is InChI=1S/C35H40N10O2S/c1-3-30-41-31(47-44-30)21-45(2)35-25-18-23(20-29(25)40-34(43-35)27-10-5-7-12-37-27)22-17-24-28(19-22)39-33(26-9-4-6-11-36-26)42-32(24)38-13-16-48-15-8-14-46/h4-7,9-12,22-23,46H,3,8,13-21H2,1-2H3,(H,38,39,42). The number of aryl methyl sites for hydroxylation is 1. The maximum absolute atomic E-state index is 9.12. The Hall–Kier alpha value is -4.49. The molecule has 2 atom stereocenters. The number of thioether (sulfide) groups is 1. The van der Waals surface area contributed by atoms with Gasteiger partial charge < -0.3 is 19.8 Å². The van der Waals surface area contributed by atoms with Gasteiger partial charge in [-0.05, 0) is 74.0 Å². The first kappa shape index (κ1) is 32.1. The average molecular weight is 665 g/mol. The van der Waals surface area contributed by atoms with Gasteiger partial charge in [0.1, 0.15) is 23.0 Å². The molecule has 248 valence electrons. The molecule has 0 bridgehead atoms. The molecule has 7 rings (SSSR count). The van der Waals surface area contributed by atoms with Gasteiger partial charge in [0, 0.05) is 55.9 Å². The molecule has 0 aliphatic heterocycles. The molecule has 0 fully saturated rings. The summed E-state index contributed by atoms with van der Waals surface area (Å²) in [5, 5.41) is 16.8. The number of nitrogens with zero attached hydrogens (tertiary/aromatic N) is 9. The Bertz CT molecular complexity index is 1840. The van der Waals surface area contributed by atoms with Crippen molar-refractivity contribution in [1.29, 1.82) is 0 Å². The fourth-order valence-electron chi connectivity index (χ4n) is 6.61. The number of fused-ring (bicyclic) bond motifs is 2. The SMILES string of the molecule is CCc1noc(CN(C)c2nc(-c3ccccn3)nc3c2CC(C2Cc4nc(-c5ccccn5)nc(NCCSCCCO)c4C2)C3)n1. The van der Waals surface area contributed by atoms with Crippen LogP contribution in [0.3, 0.4) is 0 Å². The van der Waals surface area contributed by atoms with Gasteiger partial charge in [-0.15, -0.1) is 0 Å². The van der Waals surface area contributed by atoms with Crippen LogP contribution in [-0.2, 0) is 38.6 Å².